The van der Waals surface area contributed by atoms with E-state index >= 15 is 0 Å². The number of carbonyl (C=O) groups excluding carboxylic acids is 1. The van der Waals surface area contributed by atoms with Gasteiger partial charge in [-0.15, -0.1) is 0 Å². The van der Waals surface area contributed by atoms with E-state index < -0.39 is 0 Å². The highest BCUT2D eigenvalue weighted by Gasteiger charge is 2.40. The third-order valence-corrected chi connectivity index (χ3v) is 4.43. The van der Waals surface area contributed by atoms with Gasteiger partial charge in [0.25, 0.3) is 0 Å². The Bertz CT molecular complexity index is 475. The molecule has 1 aromatic heterocycles. The predicted octanol–water partition coefficient (Wildman–Crippen LogP) is 2.52. The van der Waals surface area contributed by atoms with Crippen LogP contribution < -0.4 is 5.32 Å². The molecule has 0 spiro atoms. The molecule has 0 aliphatic carbocycles. The highest BCUT2D eigenvalue weighted by molar-refractivity contribution is 5.82. The van der Waals surface area contributed by atoms with Crippen LogP contribution in [-0.2, 0) is 11.3 Å². The second kappa shape index (κ2) is 7.03. The number of hydrogen-bond acceptors (Lipinski definition) is 3. The molecular weight excluding hydrogens is 262 g/mol. The Hall–Kier alpha value is -1.42. The molecule has 0 aromatic carbocycles. The number of rotatable bonds is 5. The zero-order valence-corrected chi connectivity index (χ0v) is 13.5. The van der Waals surface area contributed by atoms with Crippen molar-refractivity contribution >= 4 is 5.91 Å². The molecule has 1 aliphatic heterocycles. The highest BCUT2D eigenvalue weighted by atomic mass is 16.2. The van der Waals surface area contributed by atoms with Gasteiger partial charge in [-0.25, -0.2) is 0 Å². The average Bonchev–Trinajstić information content (AvgIpc) is 2.47. The summed E-state index contributed by atoms with van der Waals surface area (Å²) in [6, 6.07) is 5.98. The van der Waals surface area contributed by atoms with Crippen molar-refractivity contribution in [2.24, 2.45) is 5.41 Å². The molecule has 1 aliphatic rings. The van der Waals surface area contributed by atoms with Gasteiger partial charge in [0.2, 0.25) is 5.91 Å². The van der Waals surface area contributed by atoms with E-state index in [-0.39, 0.29) is 11.3 Å². The molecule has 0 saturated carbocycles. The Morgan fingerprint density at radius 3 is 2.71 bits per heavy atom. The van der Waals surface area contributed by atoms with Gasteiger partial charge in [-0.2, -0.15) is 0 Å². The van der Waals surface area contributed by atoms with Gasteiger partial charge < -0.3 is 10.2 Å². The van der Waals surface area contributed by atoms with Gasteiger partial charge in [0.05, 0.1) is 17.7 Å². The number of carbonyl (C=O) groups is 1. The van der Waals surface area contributed by atoms with Gasteiger partial charge in [-0.3, -0.25) is 9.78 Å². The first-order valence-corrected chi connectivity index (χ1v) is 7.96. The molecule has 0 bridgehead atoms. The standard InChI is InChI=1S/C17H27N3O/c1-4-8-17(9-11-18-12-10-17)16(21)20(3)13-15-7-5-6-14(2)19-15/h5-7,18H,4,8-13H2,1-3H3. The van der Waals surface area contributed by atoms with Crippen LogP contribution in [0.25, 0.3) is 0 Å². The maximum absolute atomic E-state index is 13.0. The fourth-order valence-electron chi connectivity index (χ4n) is 3.36. The molecule has 1 N–H and O–H groups in total. The summed E-state index contributed by atoms with van der Waals surface area (Å²) in [6.07, 6.45) is 3.94. The third kappa shape index (κ3) is 3.82. The van der Waals surface area contributed by atoms with Gasteiger partial charge >= 0.3 is 0 Å². The quantitative estimate of drug-likeness (QED) is 0.906. The number of hydrogen-bond donors (Lipinski definition) is 1. The minimum Gasteiger partial charge on any atom is -0.339 e. The normalized spacial score (nSPS) is 17.5. The fourth-order valence-corrected chi connectivity index (χ4v) is 3.36. The van der Waals surface area contributed by atoms with Crippen molar-refractivity contribution in [2.75, 3.05) is 20.1 Å². The van der Waals surface area contributed by atoms with Gasteiger partial charge in [0.1, 0.15) is 0 Å². The number of aryl methyl sites for hydroxylation is 1. The number of nitrogens with zero attached hydrogens (tertiary/aromatic N) is 2. The van der Waals surface area contributed by atoms with Crippen LogP contribution >= 0.6 is 0 Å². The summed E-state index contributed by atoms with van der Waals surface area (Å²) in [5, 5.41) is 3.37. The summed E-state index contributed by atoms with van der Waals surface area (Å²) in [4.78, 5) is 19.3. The van der Waals surface area contributed by atoms with Crippen molar-refractivity contribution in [1.82, 2.24) is 15.2 Å². The molecule has 0 atom stereocenters. The molecule has 116 valence electrons. The predicted molar refractivity (Wildman–Crippen MR) is 84.9 cm³/mol. The molecule has 1 amide bonds. The average molecular weight is 289 g/mol. The molecule has 4 nitrogen and oxygen atoms in total. The van der Waals surface area contributed by atoms with Crippen LogP contribution in [0.2, 0.25) is 0 Å². The van der Waals surface area contributed by atoms with Crippen LogP contribution in [0.1, 0.15) is 44.0 Å². The van der Waals surface area contributed by atoms with Gasteiger partial charge in [-0.1, -0.05) is 19.4 Å². The lowest BCUT2D eigenvalue weighted by molar-refractivity contribution is -0.143. The van der Waals surface area contributed by atoms with Crippen LogP contribution in [0.4, 0.5) is 0 Å². The molecular formula is C17H27N3O. The number of aromatic nitrogens is 1. The SMILES string of the molecule is CCCC1(C(=O)N(C)Cc2cccc(C)n2)CCNCC1. The fraction of sp³-hybridized carbons (Fsp3) is 0.647. The summed E-state index contributed by atoms with van der Waals surface area (Å²) in [5.41, 5.74) is 1.79. The summed E-state index contributed by atoms with van der Waals surface area (Å²) in [7, 11) is 1.91. The van der Waals surface area contributed by atoms with E-state index in [0.29, 0.717) is 6.54 Å². The van der Waals surface area contributed by atoms with E-state index in [0.717, 1.165) is 50.2 Å². The van der Waals surface area contributed by atoms with Crippen molar-refractivity contribution in [3.05, 3.63) is 29.6 Å². The Kier molecular flexibility index (Phi) is 5.34. The molecule has 1 fully saturated rings. The van der Waals surface area contributed by atoms with Gasteiger partial charge in [0.15, 0.2) is 0 Å². The molecule has 1 saturated heterocycles. The summed E-state index contributed by atoms with van der Waals surface area (Å²) >= 11 is 0. The van der Waals surface area contributed by atoms with Crippen LogP contribution in [0.5, 0.6) is 0 Å². The van der Waals surface area contributed by atoms with Crippen molar-refractivity contribution < 1.29 is 4.79 Å². The Labute approximate surface area is 127 Å². The lowest BCUT2D eigenvalue weighted by atomic mass is 9.74. The van der Waals surface area contributed by atoms with E-state index in [2.05, 4.69) is 17.2 Å². The van der Waals surface area contributed by atoms with Crippen molar-refractivity contribution in [2.45, 2.75) is 46.1 Å². The molecule has 0 unspecified atom stereocenters. The maximum Gasteiger partial charge on any atom is 0.228 e. The van der Waals surface area contributed by atoms with E-state index in [1.54, 1.807) is 0 Å². The van der Waals surface area contributed by atoms with E-state index in [9.17, 15) is 4.79 Å². The first-order valence-electron chi connectivity index (χ1n) is 7.96. The molecule has 2 heterocycles. The van der Waals surface area contributed by atoms with Crippen LogP contribution in [0.15, 0.2) is 18.2 Å². The Morgan fingerprint density at radius 2 is 2.10 bits per heavy atom. The maximum atomic E-state index is 13.0. The Morgan fingerprint density at radius 1 is 1.38 bits per heavy atom. The first kappa shape index (κ1) is 16.0. The minimum atomic E-state index is -0.168. The van der Waals surface area contributed by atoms with E-state index in [4.69, 9.17) is 0 Å². The number of pyridine rings is 1. The number of nitrogens with one attached hydrogen (secondary N) is 1. The van der Waals surface area contributed by atoms with Crippen molar-refractivity contribution in [3.63, 3.8) is 0 Å². The molecule has 2 rings (SSSR count). The number of amides is 1. The zero-order valence-electron chi connectivity index (χ0n) is 13.5. The van der Waals surface area contributed by atoms with Gasteiger partial charge in [0, 0.05) is 12.7 Å². The van der Waals surface area contributed by atoms with E-state index in [1.807, 2.05) is 37.1 Å². The smallest absolute Gasteiger partial charge is 0.228 e. The first-order chi connectivity index (χ1) is 10.1. The molecule has 1 aromatic rings. The largest absolute Gasteiger partial charge is 0.339 e. The third-order valence-electron chi connectivity index (χ3n) is 4.43. The summed E-state index contributed by atoms with van der Waals surface area (Å²) < 4.78 is 0. The second-order valence-corrected chi connectivity index (χ2v) is 6.21. The molecule has 4 heteroatoms. The molecule has 21 heavy (non-hydrogen) atoms. The zero-order chi connectivity index (χ0) is 15.3. The molecule has 0 radical (unpaired) electrons. The summed E-state index contributed by atoms with van der Waals surface area (Å²) in [6.45, 7) is 6.64. The Balaban J connectivity index is 2.09. The van der Waals surface area contributed by atoms with Crippen LogP contribution in [0.3, 0.4) is 0 Å². The van der Waals surface area contributed by atoms with Crippen LogP contribution in [-0.4, -0.2) is 35.9 Å². The van der Waals surface area contributed by atoms with Crippen molar-refractivity contribution in [1.29, 1.82) is 0 Å². The lowest BCUT2D eigenvalue weighted by Crippen LogP contribution is -2.48. The van der Waals surface area contributed by atoms with Gasteiger partial charge in [-0.05, 0) is 51.4 Å². The monoisotopic (exact) mass is 289 g/mol. The minimum absolute atomic E-state index is 0.168. The van der Waals surface area contributed by atoms with Crippen LogP contribution in [0, 0.1) is 12.3 Å². The second-order valence-electron chi connectivity index (χ2n) is 6.21. The topological polar surface area (TPSA) is 45.2 Å². The highest BCUT2D eigenvalue weighted by Crippen LogP contribution is 2.36. The number of piperidine rings is 1. The van der Waals surface area contributed by atoms with E-state index in [1.165, 1.54) is 0 Å². The summed E-state index contributed by atoms with van der Waals surface area (Å²) in [5.74, 6) is 0.286. The lowest BCUT2D eigenvalue weighted by Gasteiger charge is -2.39. The van der Waals surface area contributed by atoms with Crippen molar-refractivity contribution in [3.8, 4) is 0 Å².